The van der Waals surface area contributed by atoms with Crippen LogP contribution < -0.4 is 5.32 Å². The SMILES string of the molecule is CCN1CCCCC1CC1NCC(C)(C)CO1. The third kappa shape index (κ3) is 3.67. The highest BCUT2D eigenvalue weighted by Crippen LogP contribution is 2.25. The van der Waals surface area contributed by atoms with Crippen molar-refractivity contribution in [2.75, 3.05) is 26.2 Å². The molecule has 0 aliphatic carbocycles. The fraction of sp³-hybridized carbons (Fsp3) is 1.00. The van der Waals surface area contributed by atoms with Gasteiger partial charge in [-0.1, -0.05) is 27.2 Å². The Morgan fingerprint density at radius 2 is 2.18 bits per heavy atom. The normalized spacial score (nSPS) is 34.8. The molecule has 3 heteroatoms. The number of rotatable bonds is 3. The van der Waals surface area contributed by atoms with Gasteiger partial charge >= 0.3 is 0 Å². The van der Waals surface area contributed by atoms with Crippen LogP contribution in [0.25, 0.3) is 0 Å². The van der Waals surface area contributed by atoms with Crippen molar-refractivity contribution in [2.24, 2.45) is 5.41 Å². The van der Waals surface area contributed by atoms with Crippen LogP contribution in [0, 0.1) is 5.41 Å². The van der Waals surface area contributed by atoms with Crippen LogP contribution in [-0.2, 0) is 4.74 Å². The number of nitrogens with one attached hydrogen (secondary N) is 1. The Morgan fingerprint density at radius 3 is 2.82 bits per heavy atom. The summed E-state index contributed by atoms with van der Waals surface area (Å²) in [4.78, 5) is 2.62. The minimum Gasteiger partial charge on any atom is -0.363 e. The van der Waals surface area contributed by atoms with Gasteiger partial charge in [0.15, 0.2) is 0 Å². The second kappa shape index (κ2) is 5.68. The van der Waals surface area contributed by atoms with Crippen LogP contribution in [0.4, 0.5) is 0 Å². The van der Waals surface area contributed by atoms with Crippen LogP contribution in [0.2, 0.25) is 0 Å². The lowest BCUT2D eigenvalue weighted by molar-refractivity contribution is -0.0730. The van der Waals surface area contributed by atoms with Crippen LogP contribution in [-0.4, -0.2) is 43.4 Å². The van der Waals surface area contributed by atoms with Crippen molar-refractivity contribution in [3.63, 3.8) is 0 Å². The first kappa shape index (κ1) is 13.3. The van der Waals surface area contributed by atoms with E-state index in [4.69, 9.17) is 4.74 Å². The van der Waals surface area contributed by atoms with Crippen molar-refractivity contribution in [1.82, 2.24) is 10.2 Å². The lowest BCUT2D eigenvalue weighted by atomic mass is 9.92. The Balaban J connectivity index is 1.80. The highest BCUT2D eigenvalue weighted by molar-refractivity contribution is 4.83. The Labute approximate surface area is 106 Å². The molecule has 2 saturated heterocycles. The molecule has 0 aromatic rings. The van der Waals surface area contributed by atoms with Gasteiger partial charge in [0.1, 0.15) is 6.23 Å². The summed E-state index contributed by atoms with van der Waals surface area (Å²) in [5, 5.41) is 3.55. The molecule has 2 atom stereocenters. The minimum absolute atomic E-state index is 0.278. The summed E-state index contributed by atoms with van der Waals surface area (Å²) < 4.78 is 5.95. The lowest BCUT2D eigenvalue weighted by Crippen LogP contribution is -2.51. The van der Waals surface area contributed by atoms with Crippen molar-refractivity contribution in [3.05, 3.63) is 0 Å². The molecule has 3 nitrogen and oxygen atoms in total. The minimum atomic E-state index is 0.278. The van der Waals surface area contributed by atoms with E-state index in [1.165, 1.54) is 32.4 Å². The summed E-state index contributed by atoms with van der Waals surface area (Å²) in [5.41, 5.74) is 0.299. The predicted molar refractivity (Wildman–Crippen MR) is 71.0 cm³/mol. The molecule has 0 amide bonds. The van der Waals surface area contributed by atoms with Gasteiger partial charge < -0.3 is 9.64 Å². The molecule has 1 N–H and O–H groups in total. The van der Waals surface area contributed by atoms with Gasteiger partial charge in [-0.15, -0.1) is 0 Å². The molecule has 2 fully saturated rings. The summed E-state index contributed by atoms with van der Waals surface area (Å²) in [6.45, 7) is 11.2. The highest BCUT2D eigenvalue weighted by Gasteiger charge is 2.30. The Hall–Kier alpha value is -0.120. The topological polar surface area (TPSA) is 24.5 Å². The maximum absolute atomic E-state index is 5.95. The summed E-state index contributed by atoms with van der Waals surface area (Å²) in [6.07, 6.45) is 5.54. The van der Waals surface area contributed by atoms with E-state index < -0.39 is 0 Å². The number of piperidine rings is 1. The largest absolute Gasteiger partial charge is 0.363 e. The average Bonchev–Trinajstić information content (AvgIpc) is 2.32. The van der Waals surface area contributed by atoms with Gasteiger partial charge in [-0.2, -0.15) is 0 Å². The molecule has 0 radical (unpaired) electrons. The smallest absolute Gasteiger partial charge is 0.109 e. The van der Waals surface area contributed by atoms with Crippen molar-refractivity contribution in [3.8, 4) is 0 Å². The molecule has 2 unspecified atom stereocenters. The summed E-state index contributed by atoms with van der Waals surface area (Å²) in [7, 11) is 0. The van der Waals surface area contributed by atoms with E-state index >= 15 is 0 Å². The molecule has 0 aromatic heterocycles. The number of nitrogens with zero attached hydrogens (tertiary/aromatic N) is 1. The maximum atomic E-state index is 5.95. The van der Waals surface area contributed by atoms with Gasteiger partial charge in [-0.25, -0.2) is 0 Å². The second-order valence-electron chi connectivity index (χ2n) is 6.36. The van der Waals surface area contributed by atoms with Gasteiger partial charge in [0.25, 0.3) is 0 Å². The lowest BCUT2D eigenvalue weighted by Gasteiger charge is -2.40. The molecule has 0 aromatic carbocycles. The monoisotopic (exact) mass is 240 g/mol. The molecule has 100 valence electrons. The van der Waals surface area contributed by atoms with Gasteiger partial charge in [0.05, 0.1) is 6.61 Å². The van der Waals surface area contributed by atoms with Crippen LogP contribution in [0.1, 0.15) is 46.5 Å². The van der Waals surface area contributed by atoms with E-state index in [9.17, 15) is 0 Å². The molecule has 2 rings (SSSR count). The van der Waals surface area contributed by atoms with E-state index in [0.717, 1.165) is 25.6 Å². The van der Waals surface area contributed by atoms with Crippen molar-refractivity contribution < 1.29 is 4.74 Å². The van der Waals surface area contributed by atoms with Gasteiger partial charge in [0.2, 0.25) is 0 Å². The standard InChI is InChI=1S/C14H28N2O/c1-4-16-8-6-5-7-12(16)9-13-15-10-14(2,3)11-17-13/h12-13,15H,4-11H2,1-3H3. The highest BCUT2D eigenvalue weighted by atomic mass is 16.5. The first-order valence-electron chi connectivity index (χ1n) is 7.20. The first-order chi connectivity index (χ1) is 8.11. The number of likely N-dealkylation sites (tertiary alicyclic amines) is 1. The van der Waals surface area contributed by atoms with E-state index in [0.29, 0.717) is 5.41 Å². The van der Waals surface area contributed by atoms with Crippen LogP contribution in [0.15, 0.2) is 0 Å². The zero-order valence-electron chi connectivity index (χ0n) is 11.7. The van der Waals surface area contributed by atoms with E-state index in [2.05, 4.69) is 31.0 Å². The van der Waals surface area contributed by atoms with Gasteiger partial charge in [-0.05, 0) is 25.9 Å². The number of hydrogen-bond acceptors (Lipinski definition) is 3. The number of ether oxygens (including phenoxy) is 1. The number of hydrogen-bond donors (Lipinski definition) is 1. The molecular weight excluding hydrogens is 212 g/mol. The summed E-state index contributed by atoms with van der Waals surface area (Å²) in [5.74, 6) is 0. The predicted octanol–water partition coefficient (Wildman–Crippen LogP) is 2.22. The molecule has 2 aliphatic heterocycles. The molecule has 2 heterocycles. The van der Waals surface area contributed by atoms with E-state index in [-0.39, 0.29) is 6.23 Å². The van der Waals surface area contributed by atoms with E-state index in [1.807, 2.05) is 0 Å². The van der Waals surface area contributed by atoms with Gasteiger partial charge in [0, 0.05) is 24.4 Å². The Kier molecular flexibility index (Phi) is 4.45. The third-order valence-electron chi connectivity index (χ3n) is 4.12. The fourth-order valence-electron chi connectivity index (χ4n) is 2.97. The van der Waals surface area contributed by atoms with Crippen molar-refractivity contribution >= 4 is 0 Å². The molecule has 0 bridgehead atoms. The maximum Gasteiger partial charge on any atom is 0.109 e. The van der Waals surface area contributed by atoms with Crippen molar-refractivity contribution in [1.29, 1.82) is 0 Å². The third-order valence-corrected chi connectivity index (χ3v) is 4.12. The van der Waals surface area contributed by atoms with E-state index in [1.54, 1.807) is 0 Å². The summed E-state index contributed by atoms with van der Waals surface area (Å²) >= 11 is 0. The molecule has 0 spiro atoms. The van der Waals surface area contributed by atoms with Gasteiger partial charge in [-0.3, -0.25) is 5.32 Å². The van der Waals surface area contributed by atoms with Crippen LogP contribution >= 0.6 is 0 Å². The quantitative estimate of drug-likeness (QED) is 0.818. The Bertz CT molecular complexity index is 232. The molecule has 0 saturated carbocycles. The average molecular weight is 240 g/mol. The first-order valence-corrected chi connectivity index (χ1v) is 7.20. The Morgan fingerprint density at radius 1 is 1.35 bits per heavy atom. The van der Waals surface area contributed by atoms with Crippen LogP contribution in [0.5, 0.6) is 0 Å². The zero-order chi connectivity index (χ0) is 12.3. The van der Waals surface area contributed by atoms with Crippen LogP contribution in [0.3, 0.4) is 0 Å². The second-order valence-corrected chi connectivity index (χ2v) is 6.36. The molecule has 17 heavy (non-hydrogen) atoms. The molecular formula is C14H28N2O. The summed E-state index contributed by atoms with van der Waals surface area (Å²) in [6, 6.07) is 0.729. The molecule has 2 aliphatic rings. The fourth-order valence-corrected chi connectivity index (χ4v) is 2.97. The van der Waals surface area contributed by atoms with Crippen molar-refractivity contribution in [2.45, 2.75) is 58.7 Å². The zero-order valence-corrected chi connectivity index (χ0v) is 11.7.